The number of fused-ring (bicyclic) bond motifs is 1. The van der Waals surface area contributed by atoms with Gasteiger partial charge in [0.1, 0.15) is 0 Å². The molecule has 162 valence electrons. The monoisotopic (exact) mass is 411 g/mol. The normalized spacial score (nSPS) is 25.6. The summed E-state index contributed by atoms with van der Waals surface area (Å²) >= 11 is 0. The van der Waals surface area contributed by atoms with Gasteiger partial charge in [-0.1, -0.05) is 17.2 Å². The van der Waals surface area contributed by atoms with E-state index >= 15 is 0 Å². The van der Waals surface area contributed by atoms with Crippen LogP contribution < -0.4 is 0 Å². The summed E-state index contributed by atoms with van der Waals surface area (Å²) in [7, 11) is 0. The highest BCUT2D eigenvalue weighted by molar-refractivity contribution is 5.95. The van der Waals surface area contributed by atoms with Crippen LogP contribution in [-0.2, 0) is 9.59 Å². The summed E-state index contributed by atoms with van der Waals surface area (Å²) in [6.45, 7) is 11.6. The summed E-state index contributed by atoms with van der Waals surface area (Å²) in [6, 6.07) is 5.98. The number of rotatable bonds is 2. The van der Waals surface area contributed by atoms with Crippen LogP contribution in [0.3, 0.4) is 0 Å². The number of piperidine rings is 1. The van der Waals surface area contributed by atoms with Gasteiger partial charge in [-0.2, -0.15) is 0 Å². The predicted molar refractivity (Wildman–Crippen MR) is 115 cm³/mol. The molecule has 3 aliphatic rings. The fourth-order valence-corrected chi connectivity index (χ4v) is 6.12. The van der Waals surface area contributed by atoms with E-state index in [0.29, 0.717) is 32.7 Å². The molecule has 1 aromatic carbocycles. The molecule has 3 heterocycles. The fourth-order valence-electron chi connectivity index (χ4n) is 6.12. The van der Waals surface area contributed by atoms with Gasteiger partial charge in [0, 0.05) is 57.2 Å². The lowest BCUT2D eigenvalue weighted by atomic mass is 9.60. The first-order chi connectivity index (χ1) is 14.2. The van der Waals surface area contributed by atoms with Crippen LogP contribution in [0.5, 0.6) is 0 Å². The maximum absolute atomic E-state index is 13.4. The van der Waals surface area contributed by atoms with Crippen molar-refractivity contribution in [3.63, 3.8) is 0 Å². The zero-order valence-corrected chi connectivity index (χ0v) is 18.7. The molecule has 0 bridgehead atoms. The molecule has 3 aliphatic heterocycles. The Morgan fingerprint density at radius 1 is 0.933 bits per heavy atom. The van der Waals surface area contributed by atoms with E-state index in [9.17, 15) is 14.4 Å². The number of nitrogens with zero attached hydrogens (tertiary/aromatic N) is 3. The van der Waals surface area contributed by atoms with Gasteiger partial charge in [-0.15, -0.1) is 0 Å². The molecule has 1 aromatic rings. The molecule has 0 radical (unpaired) electrons. The van der Waals surface area contributed by atoms with Crippen LogP contribution in [0.15, 0.2) is 18.2 Å². The average molecular weight is 412 g/mol. The van der Waals surface area contributed by atoms with E-state index in [1.807, 2.05) is 47.6 Å². The fraction of sp³-hybridized carbons (Fsp3) is 0.625. The highest BCUT2D eigenvalue weighted by atomic mass is 16.2. The molecule has 0 aliphatic carbocycles. The van der Waals surface area contributed by atoms with Gasteiger partial charge in [0.2, 0.25) is 11.8 Å². The van der Waals surface area contributed by atoms with Crippen molar-refractivity contribution in [3.8, 4) is 0 Å². The summed E-state index contributed by atoms with van der Waals surface area (Å²) < 4.78 is 0. The summed E-state index contributed by atoms with van der Waals surface area (Å²) in [6.07, 6.45) is 2.36. The smallest absolute Gasteiger partial charge is 0.253 e. The summed E-state index contributed by atoms with van der Waals surface area (Å²) in [5.74, 6) is 0.325. The molecule has 0 aromatic heterocycles. The molecule has 30 heavy (non-hydrogen) atoms. The molecule has 0 N–H and O–H groups in total. The minimum atomic E-state index is -0.482. The number of likely N-dealkylation sites (tertiary alicyclic amines) is 3. The quantitative estimate of drug-likeness (QED) is 0.752. The number of carbonyl (C=O) groups excluding carboxylic acids is 3. The third-order valence-corrected chi connectivity index (χ3v) is 7.78. The standard InChI is InChI=1S/C24H33N3O3/c1-5-25-11-8-24(22(25)30)16-27(19(4)28)15-23(24)6-9-26(10-7-23)21(29)20-13-17(2)12-18(3)14-20/h12-14H,5-11,15-16H2,1-4H3/t24-/m1/s1. The van der Waals surface area contributed by atoms with Crippen LogP contribution >= 0.6 is 0 Å². The number of aryl methyl sites for hydroxylation is 2. The molecule has 6 nitrogen and oxygen atoms in total. The Morgan fingerprint density at radius 3 is 2.10 bits per heavy atom. The Bertz CT molecular complexity index is 867. The molecule has 0 unspecified atom stereocenters. The Balaban J connectivity index is 1.57. The molecule has 4 rings (SSSR count). The average Bonchev–Trinajstić information content (AvgIpc) is 3.20. The molecular formula is C24H33N3O3. The van der Waals surface area contributed by atoms with E-state index in [4.69, 9.17) is 0 Å². The topological polar surface area (TPSA) is 60.9 Å². The van der Waals surface area contributed by atoms with E-state index in [-0.39, 0.29) is 23.1 Å². The van der Waals surface area contributed by atoms with E-state index in [1.165, 1.54) is 0 Å². The van der Waals surface area contributed by atoms with Crippen LogP contribution in [0.4, 0.5) is 0 Å². The zero-order valence-electron chi connectivity index (χ0n) is 18.7. The van der Waals surface area contributed by atoms with Crippen LogP contribution in [0, 0.1) is 24.7 Å². The zero-order chi connectivity index (χ0) is 21.7. The molecule has 2 spiro atoms. The minimum absolute atomic E-state index is 0.0442. The third kappa shape index (κ3) is 3.12. The number of benzene rings is 1. The Morgan fingerprint density at radius 2 is 1.57 bits per heavy atom. The van der Waals surface area contributed by atoms with Crippen molar-refractivity contribution in [1.29, 1.82) is 0 Å². The largest absolute Gasteiger partial charge is 0.342 e. The lowest BCUT2D eigenvalue weighted by Gasteiger charge is -2.46. The van der Waals surface area contributed by atoms with Crippen molar-refractivity contribution >= 4 is 17.7 Å². The minimum Gasteiger partial charge on any atom is -0.342 e. The van der Waals surface area contributed by atoms with Crippen molar-refractivity contribution in [3.05, 3.63) is 34.9 Å². The summed E-state index contributed by atoms with van der Waals surface area (Å²) in [5.41, 5.74) is 2.22. The van der Waals surface area contributed by atoms with Gasteiger partial charge in [-0.3, -0.25) is 14.4 Å². The van der Waals surface area contributed by atoms with Crippen molar-refractivity contribution in [2.75, 3.05) is 39.3 Å². The maximum atomic E-state index is 13.4. The van der Waals surface area contributed by atoms with Crippen LogP contribution in [0.2, 0.25) is 0 Å². The highest BCUT2D eigenvalue weighted by Gasteiger charge is 2.65. The number of amides is 3. The SMILES string of the molecule is CCN1CC[C@@]2(CN(C(C)=O)CC23CCN(C(=O)c2cc(C)cc(C)c2)CC3)C1=O. The van der Waals surface area contributed by atoms with E-state index in [0.717, 1.165) is 42.5 Å². The Labute approximate surface area is 179 Å². The number of hydrogen-bond donors (Lipinski definition) is 0. The lowest BCUT2D eigenvalue weighted by molar-refractivity contribution is -0.141. The Kier molecular flexibility index (Phi) is 5.15. The van der Waals surface area contributed by atoms with Gasteiger partial charge in [0.15, 0.2) is 0 Å². The van der Waals surface area contributed by atoms with E-state index < -0.39 is 5.41 Å². The molecule has 3 amide bonds. The van der Waals surface area contributed by atoms with Gasteiger partial charge in [-0.25, -0.2) is 0 Å². The number of hydrogen-bond acceptors (Lipinski definition) is 3. The second-order valence-corrected chi connectivity index (χ2v) is 9.54. The first-order valence-electron chi connectivity index (χ1n) is 11.1. The second-order valence-electron chi connectivity index (χ2n) is 9.54. The van der Waals surface area contributed by atoms with Gasteiger partial charge in [-0.05, 0) is 52.2 Å². The molecule has 3 saturated heterocycles. The Hall–Kier alpha value is -2.37. The van der Waals surface area contributed by atoms with Crippen LogP contribution in [-0.4, -0.2) is 71.7 Å². The van der Waals surface area contributed by atoms with Crippen LogP contribution in [0.1, 0.15) is 54.6 Å². The van der Waals surface area contributed by atoms with Crippen molar-refractivity contribution in [1.82, 2.24) is 14.7 Å². The lowest BCUT2D eigenvalue weighted by Crippen LogP contribution is -2.53. The second kappa shape index (κ2) is 7.40. The maximum Gasteiger partial charge on any atom is 0.253 e. The first kappa shape index (κ1) is 20.9. The van der Waals surface area contributed by atoms with Gasteiger partial charge in [0.25, 0.3) is 5.91 Å². The van der Waals surface area contributed by atoms with Crippen molar-refractivity contribution < 1.29 is 14.4 Å². The van der Waals surface area contributed by atoms with E-state index in [1.54, 1.807) is 6.92 Å². The third-order valence-electron chi connectivity index (χ3n) is 7.78. The van der Waals surface area contributed by atoms with Crippen LogP contribution in [0.25, 0.3) is 0 Å². The first-order valence-corrected chi connectivity index (χ1v) is 11.1. The molecule has 6 heteroatoms. The molecule has 3 fully saturated rings. The van der Waals surface area contributed by atoms with E-state index in [2.05, 4.69) is 6.07 Å². The summed E-state index contributed by atoms with van der Waals surface area (Å²) in [5, 5.41) is 0. The number of carbonyl (C=O) groups is 3. The van der Waals surface area contributed by atoms with Gasteiger partial charge >= 0.3 is 0 Å². The van der Waals surface area contributed by atoms with Gasteiger partial charge < -0.3 is 14.7 Å². The predicted octanol–water partition coefficient (Wildman–Crippen LogP) is 2.63. The molecule has 0 saturated carbocycles. The molecular weight excluding hydrogens is 378 g/mol. The van der Waals surface area contributed by atoms with Crippen molar-refractivity contribution in [2.45, 2.75) is 47.0 Å². The molecule has 1 atom stereocenters. The summed E-state index contributed by atoms with van der Waals surface area (Å²) in [4.78, 5) is 44.5. The highest BCUT2D eigenvalue weighted by Crippen LogP contribution is 2.57. The van der Waals surface area contributed by atoms with Crippen molar-refractivity contribution in [2.24, 2.45) is 10.8 Å². The van der Waals surface area contributed by atoms with Gasteiger partial charge in [0.05, 0.1) is 5.41 Å².